The van der Waals surface area contributed by atoms with Gasteiger partial charge in [0.25, 0.3) is 0 Å². The summed E-state index contributed by atoms with van der Waals surface area (Å²) in [5, 5.41) is 23.6. The molecule has 0 saturated carbocycles. The molecule has 4 rings (SSSR count). The molecule has 1 amide bonds. The van der Waals surface area contributed by atoms with E-state index in [9.17, 15) is 24.6 Å². The van der Waals surface area contributed by atoms with Crippen molar-refractivity contribution in [3.05, 3.63) is 0 Å². The Kier molecular flexibility index (Phi) is 14.5. The molecule has 16 heteroatoms. The average molecular weight is 788 g/mol. The molecule has 4 fully saturated rings. The van der Waals surface area contributed by atoms with Crippen LogP contribution in [0.5, 0.6) is 0 Å². The molecular formula is C39H69N3O13. The maximum atomic E-state index is 14.5. The molecule has 4 aliphatic heterocycles. The summed E-state index contributed by atoms with van der Waals surface area (Å²) in [6.45, 7) is 17.7. The lowest BCUT2D eigenvalue weighted by molar-refractivity contribution is -0.319. The number of nitrogens with zero attached hydrogens (tertiary/aromatic N) is 2. The summed E-state index contributed by atoms with van der Waals surface area (Å²) in [5.41, 5.74) is -3.76. The first-order valence-electron chi connectivity index (χ1n) is 19.8. The molecule has 0 aromatic heterocycles. The maximum Gasteiger partial charge on any atom is 0.425 e. The number of aliphatic hydroxyl groups excluding tert-OH is 2. The summed E-state index contributed by atoms with van der Waals surface area (Å²) in [6.07, 6.45) is -7.74. The van der Waals surface area contributed by atoms with Crippen molar-refractivity contribution in [2.24, 2.45) is 29.5 Å². The van der Waals surface area contributed by atoms with Crippen LogP contribution in [-0.4, -0.2) is 150 Å². The monoisotopic (exact) mass is 787 g/mol. The Morgan fingerprint density at radius 3 is 2.09 bits per heavy atom. The van der Waals surface area contributed by atoms with Gasteiger partial charge in [-0.3, -0.25) is 9.59 Å². The summed E-state index contributed by atoms with van der Waals surface area (Å²) in [6, 6.07) is -1.26. The number of aliphatic hydroxyl groups is 2. The van der Waals surface area contributed by atoms with Gasteiger partial charge in [0.2, 0.25) is 0 Å². The number of hydrogen-bond acceptors (Lipinski definition) is 15. The predicted molar refractivity (Wildman–Crippen MR) is 199 cm³/mol. The molecule has 4 heterocycles. The van der Waals surface area contributed by atoms with Crippen molar-refractivity contribution in [2.45, 2.75) is 179 Å². The van der Waals surface area contributed by atoms with E-state index in [-0.39, 0.29) is 37.2 Å². The zero-order valence-corrected chi connectivity index (χ0v) is 35.3. The lowest BCUT2D eigenvalue weighted by Gasteiger charge is -2.50. The third-order valence-corrected chi connectivity index (χ3v) is 13.1. The molecule has 0 spiro atoms. The van der Waals surface area contributed by atoms with Crippen LogP contribution < -0.4 is 5.84 Å². The van der Waals surface area contributed by atoms with Gasteiger partial charge in [0.05, 0.1) is 41.5 Å². The standard InChI is InChI=1S/C39H69N3O13/c1-15-26-39(10)31(42(40)36(47)55-39)21(4)28(43)19(2)17-38(9,49-14)33(54-35-29(44)25(41(11)12)16-20(3)50-35)22(5)30(23(6)34(46)52-26)53-27-18-37(8,48-13)32(45)24(7)51-27/h19-27,29-33,35,44-45H,15-18,40H2,1-14H3/t19?,20?,21?,22?,23?,24?,25?,26-,27?,29?,30?,31?,32?,33?,35?,37?,38?,39?/m1/s1. The molecule has 0 bridgehead atoms. The van der Waals surface area contributed by atoms with E-state index in [1.807, 2.05) is 39.8 Å². The van der Waals surface area contributed by atoms with Crippen LogP contribution in [0.4, 0.5) is 4.79 Å². The fourth-order valence-corrected chi connectivity index (χ4v) is 9.56. The van der Waals surface area contributed by atoms with Crippen molar-refractivity contribution in [3.63, 3.8) is 0 Å². The zero-order valence-electron chi connectivity index (χ0n) is 35.3. The number of hydrogen-bond donors (Lipinski definition) is 3. The van der Waals surface area contributed by atoms with E-state index in [0.717, 1.165) is 5.01 Å². The summed E-state index contributed by atoms with van der Waals surface area (Å²) in [4.78, 5) is 43.9. The highest BCUT2D eigenvalue weighted by atomic mass is 16.7. The summed E-state index contributed by atoms with van der Waals surface area (Å²) < 4.78 is 50.3. The SMILES string of the molecule is CC[C@H]1OC(=O)C(C)C(OC2CC(C)(OC)C(O)C(C)O2)C(C)C(OC2OC(C)CC(N(C)C)C2O)C(C)(OC)CC(C)C(=O)C(C)C2N(N)C(=O)OC21C. The number of rotatable bonds is 8. The molecule has 55 heavy (non-hydrogen) atoms. The fourth-order valence-electron chi connectivity index (χ4n) is 9.56. The van der Waals surface area contributed by atoms with Crippen LogP contribution in [0, 0.1) is 23.7 Å². The van der Waals surface area contributed by atoms with Crippen LogP contribution in [0.15, 0.2) is 0 Å². The minimum absolute atomic E-state index is 0.128. The number of carbonyl (C=O) groups is 3. The smallest absolute Gasteiger partial charge is 0.425 e. The van der Waals surface area contributed by atoms with Gasteiger partial charge >= 0.3 is 12.1 Å². The van der Waals surface area contributed by atoms with Crippen LogP contribution in [0.25, 0.3) is 0 Å². The summed E-state index contributed by atoms with van der Waals surface area (Å²) in [7, 11) is 6.80. The van der Waals surface area contributed by atoms with Crippen LogP contribution in [0.3, 0.4) is 0 Å². The highest BCUT2D eigenvalue weighted by Gasteiger charge is 2.60. The summed E-state index contributed by atoms with van der Waals surface area (Å²) in [5.74, 6) is 2.24. The number of cyclic esters (lactones) is 1. The molecule has 17 unspecified atom stereocenters. The van der Waals surface area contributed by atoms with Crippen molar-refractivity contribution in [1.82, 2.24) is 9.91 Å². The van der Waals surface area contributed by atoms with Gasteiger partial charge in [0.1, 0.15) is 30.1 Å². The topological polar surface area (TPSA) is 198 Å². The normalized spacial score (nSPS) is 47.9. The highest BCUT2D eigenvalue weighted by Crippen LogP contribution is 2.44. The number of ketones is 1. The zero-order chi connectivity index (χ0) is 41.5. The molecule has 4 aliphatic rings. The van der Waals surface area contributed by atoms with Crippen LogP contribution >= 0.6 is 0 Å². The third-order valence-electron chi connectivity index (χ3n) is 13.1. The van der Waals surface area contributed by atoms with E-state index >= 15 is 0 Å². The van der Waals surface area contributed by atoms with Gasteiger partial charge in [-0.05, 0) is 74.9 Å². The number of amides is 1. The predicted octanol–water partition coefficient (Wildman–Crippen LogP) is 2.78. The first-order chi connectivity index (χ1) is 25.5. The third kappa shape index (κ3) is 8.88. The van der Waals surface area contributed by atoms with Gasteiger partial charge < -0.3 is 53.0 Å². The number of fused-ring (bicyclic) bond motifs is 1. The average Bonchev–Trinajstić information content (AvgIpc) is 3.36. The second-order valence-corrected chi connectivity index (χ2v) is 17.4. The minimum Gasteiger partial charge on any atom is -0.458 e. The number of carbonyl (C=O) groups excluding carboxylic acids is 3. The Labute approximate surface area is 326 Å². The molecule has 318 valence electrons. The Morgan fingerprint density at radius 1 is 0.909 bits per heavy atom. The van der Waals surface area contributed by atoms with Crippen LogP contribution in [0.2, 0.25) is 0 Å². The van der Waals surface area contributed by atoms with Gasteiger partial charge in [-0.2, -0.15) is 0 Å². The first kappa shape index (κ1) is 45.7. The second-order valence-electron chi connectivity index (χ2n) is 17.4. The molecular weight excluding hydrogens is 718 g/mol. The summed E-state index contributed by atoms with van der Waals surface area (Å²) >= 11 is 0. The van der Waals surface area contributed by atoms with Gasteiger partial charge in [-0.1, -0.05) is 27.7 Å². The van der Waals surface area contributed by atoms with E-state index in [1.165, 1.54) is 14.2 Å². The van der Waals surface area contributed by atoms with Crippen LogP contribution in [-0.2, 0) is 47.5 Å². The number of likely N-dealkylation sites (N-methyl/N-ethyl adjacent to an activating group) is 1. The number of methoxy groups -OCH3 is 2. The van der Waals surface area contributed by atoms with Gasteiger partial charge in [-0.25, -0.2) is 15.6 Å². The van der Waals surface area contributed by atoms with Crippen molar-refractivity contribution in [1.29, 1.82) is 0 Å². The van der Waals surface area contributed by atoms with Gasteiger partial charge in [0.15, 0.2) is 18.2 Å². The number of ether oxygens (including phenoxy) is 8. The Bertz CT molecular complexity index is 1360. The lowest BCUT2D eigenvalue weighted by atomic mass is 9.73. The minimum atomic E-state index is -1.47. The van der Waals surface area contributed by atoms with Crippen molar-refractivity contribution >= 4 is 17.8 Å². The highest BCUT2D eigenvalue weighted by molar-refractivity contribution is 5.85. The Morgan fingerprint density at radius 2 is 1.53 bits per heavy atom. The second kappa shape index (κ2) is 17.5. The molecule has 4 saturated heterocycles. The van der Waals surface area contributed by atoms with Crippen molar-refractivity contribution in [2.75, 3.05) is 28.3 Å². The van der Waals surface area contributed by atoms with Crippen LogP contribution in [0.1, 0.15) is 94.9 Å². The number of esters is 1. The van der Waals surface area contributed by atoms with Crippen molar-refractivity contribution < 1.29 is 62.5 Å². The van der Waals surface area contributed by atoms with Crippen molar-refractivity contribution in [3.8, 4) is 0 Å². The fraction of sp³-hybridized carbons (Fsp3) is 0.923. The van der Waals surface area contributed by atoms with E-state index in [2.05, 4.69) is 0 Å². The molecule has 0 aromatic carbocycles. The number of Topliss-reactive ketones (excluding diaryl/α,β-unsaturated/α-hetero) is 1. The quantitative estimate of drug-likeness (QED) is 0.184. The Hall–Kier alpha value is -1.99. The molecule has 18 atom stereocenters. The van der Waals surface area contributed by atoms with E-state index in [0.29, 0.717) is 6.42 Å². The molecule has 0 aromatic rings. The molecule has 0 radical (unpaired) electrons. The van der Waals surface area contributed by atoms with Gasteiger partial charge in [-0.15, -0.1) is 0 Å². The largest absolute Gasteiger partial charge is 0.458 e. The van der Waals surface area contributed by atoms with E-state index in [1.54, 1.807) is 48.5 Å². The first-order valence-corrected chi connectivity index (χ1v) is 19.8. The number of nitrogens with two attached hydrogens (primary N) is 1. The van der Waals surface area contributed by atoms with Gasteiger partial charge in [0, 0.05) is 44.4 Å². The molecule has 4 N–H and O–H groups in total. The molecule has 16 nitrogen and oxygen atoms in total. The van der Waals surface area contributed by atoms with E-state index in [4.69, 9.17) is 43.7 Å². The molecule has 0 aliphatic carbocycles. The van der Waals surface area contributed by atoms with E-state index < -0.39 is 108 Å². The maximum absolute atomic E-state index is 14.5. The Balaban J connectivity index is 1.89. The lowest BCUT2D eigenvalue weighted by Crippen LogP contribution is -2.62. The number of hydrazine groups is 1.